The molecule has 0 aliphatic heterocycles. The summed E-state index contributed by atoms with van der Waals surface area (Å²) in [5.41, 5.74) is 2.52. The normalized spacial score (nSPS) is 14.3. The minimum Gasteiger partial charge on any atom is -0.368 e. The first-order valence-electron chi connectivity index (χ1n) is 9.30. The van der Waals surface area contributed by atoms with Gasteiger partial charge in [0.2, 0.25) is 0 Å². The van der Waals surface area contributed by atoms with E-state index in [1.165, 1.54) is 18.4 Å². The zero-order valence-electron chi connectivity index (χ0n) is 15.4. The summed E-state index contributed by atoms with van der Waals surface area (Å²) < 4.78 is 0. The van der Waals surface area contributed by atoms with Crippen LogP contribution < -0.4 is 10.6 Å². The molecule has 3 aromatic rings. The SMILES string of the molecule is O=C(Nc1ccccc1)c1ccc(NCC2(Cc3cccc(Cl)c3)CC2)nn1. The highest BCUT2D eigenvalue weighted by atomic mass is 35.5. The Morgan fingerprint density at radius 3 is 2.50 bits per heavy atom. The number of carbonyl (C=O) groups excluding carboxylic acids is 1. The fourth-order valence-electron chi connectivity index (χ4n) is 3.22. The summed E-state index contributed by atoms with van der Waals surface area (Å²) in [5, 5.41) is 15.1. The van der Waals surface area contributed by atoms with Crippen molar-refractivity contribution in [1.82, 2.24) is 10.2 Å². The molecule has 0 atom stereocenters. The minimum atomic E-state index is -0.273. The van der Waals surface area contributed by atoms with Crippen LogP contribution in [0.15, 0.2) is 66.7 Å². The molecule has 6 heteroatoms. The first-order chi connectivity index (χ1) is 13.6. The van der Waals surface area contributed by atoms with Crippen LogP contribution in [0.2, 0.25) is 5.02 Å². The molecule has 0 saturated heterocycles. The molecule has 5 nitrogen and oxygen atoms in total. The molecule has 142 valence electrons. The van der Waals surface area contributed by atoms with Gasteiger partial charge in [-0.05, 0) is 66.6 Å². The molecule has 0 unspecified atom stereocenters. The monoisotopic (exact) mass is 392 g/mol. The third-order valence-corrected chi connectivity index (χ3v) is 5.23. The molecule has 1 fully saturated rings. The minimum absolute atomic E-state index is 0.246. The second-order valence-electron chi connectivity index (χ2n) is 7.28. The fraction of sp³-hybridized carbons (Fsp3) is 0.227. The van der Waals surface area contributed by atoms with Crippen LogP contribution in [-0.2, 0) is 6.42 Å². The van der Waals surface area contributed by atoms with Crippen LogP contribution in [0.1, 0.15) is 28.9 Å². The van der Waals surface area contributed by atoms with E-state index in [2.05, 4.69) is 26.9 Å². The van der Waals surface area contributed by atoms with E-state index in [4.69, 9.17) is 11.6 Å². The quantitative estimate of drug-likeness (QED) is 0.605. The van der Waals surface area contributed by atoms with Crippen LogP contribution in [0.3, 0.4) is 0 Å². The molecule has 1 aromatic heterocycles. The molecule has 4 rings (SSSR count). The van der Waals surface area contributed by atoms with Gasteiger partial charge in [-0.25, -0.2) is 0 Å². The maximum atomic E-state index is 12.2. The summed E-state index contributed by atoms with van der Waals surface area (Å²) in [6, 6.07) is 20.8. The maximum absolute atomic E-state index is 12.2. The number of rotatable bonds is 7. The molecular weight excluding hydrogens is 372 g/mol. The number of benzene rings is 2. The van der Waals surface area contributed by atoms with E-state index in [1.54, 1.807) is 12.1 Å². The van der Waals surface area contributed by atoms with E-state index in [9.17, 15) is 4.79 Å². The van der Waals surface area contributed by atoms with E-state index in [0.717, 1.165) is 23.7 Å². The molecule has 1 aliphatic rings. The van der Waals surface area contributed by atoms with Crippen molar-refractivity contribution in [3.05, 3.63) is 83.0 Å². The van der Waals surface area contributed by atoms with E-state index in [0.29, 0.717) is 5.82 Å². The van der Waals surface area contributed by atoms with Crippen LogP contribution in [0.25, 0.3) is 0 Å². The Labute approximate surface area is 169 Å². The number of halogens is 1. The Morgan fingerprint density at radius 1 is 1.00 bits per heavy atom. The lowest BCUT2D eigenvalue weighted by molar-refractivity contribution is 0.102. The molecule has 2 aromatic carbocycles. The number of nitrogens with one attached hydrogen (secondary N) is 2. The third-order valence-electron chi connectivity index (χ3n) is 5.00. The first kappa shape index (κ1) is 18.4. The molecule has 0 radical (unpaired) electrons. The van der Waals surface area contributed by atoms with Crippen molar-refractivity contribution in [2.24, 2.45) is 5.41 Å². The van der Waals surface area contributed by atoms with Gasteiger partial charge in [0.25, 0.3) is 5.91 Å². The summed E-state index contributed by atoms with van der Waals surface area (Å²) in [6.45, 7) is 0.823. The summed E-state index contributed by atoms with van der Waals surface area (Å²) in [6.07, 6.45) is 3.35. The number of carbonyl (C=O) groups is 1. The summed E-state index contributed by atoms with van der Waals surface area (Å²) in [5.74, 6) is 0.401. The number of anilines is 2. The van der Waals surface area contributed by atoms with Crippen LogP contribution in [-0.4, -0.2) is 22.6 Å². The highest BCUT2D eigenvalue weighted by molar-refractivity contribution is 6.30. The number of amides is 1. The lowest BCUT2D eigenvalue weighted by Gasteiger charge is -2.16. The molecule has 1 heterocycles. The highest BCUT2D eigenvalue weighted by Crippen LogP contribution is 2.48. The number of para-hydroxylation sites is 1. The Kier molecular flexibility index (Phi) is 5.26. The van der Waals surface area contributed by atoms with Crippen molar-refractivity contribution < 1.29 is 4.79 Å². The van der Waals surface area contributed by atoms with E-state index in [-0.39, 0.29) is 17.0 Å². The van der Waals surface area contributed by atoms with Gasteiger partial charge in [0.1, 0.15) is 5.82 Å². The molecule has 2 N–H and O–H groups in total. The Hall–Kier alpha value is -2.92. The molecular formula is C22H21ClN4O. The number of hydrogen-bond acceptors (Lipinski definition) is 4. The molecule has 0 spiro atoms. The van der Waals surface area contributed by atoms with E-state index >= 15 is 0 Å². The van der Waals surface area contributed by atoms with Gasteiger partial charge in [0.05, 0.1) is 0 Å². The van der Waals surface area contributed by atoms with Crippen molar-refractivity contribution in [2.45, 2.75) is 19.3 Å². The Bertz CT molecular complexity index is 956. The molecule has 1 aliphatic carbocycles. The second-order valence-corrected chi connectivity index (χ2v) is 7.72. The average molecular weight is 393 g/mol. The predicted molar refractivity (Wildman–Crippen MR) is 112 cm³/mol. The van der Waals surface area contributed by atoms with Crippen molar-refractivity contribution in [3.8, 4) is 0 Å². The van der Waals surface area contributed by atoms with Crippen LogP contribution in [0.5, 0.6) is 0 Å². The summed E-state index contributed by atoms with van der Waals surface area (Å²) in [4.78, 5) is 12.2. The predicted octanol–water partition coefficient (Wildman–Crippen LogP) is 4.82. The van der Waals surface area contributed by atoms with Gasteiger partial charge in [-0.1, -0.05) is 41.9 Å². The molecule has 1 amide bonds. The smallest absolute Gasteiger partial charge is 0.276 e. The number of hydrogen-bond donors (Lipinski definition) is 2. The summed E-state index contributed by atoms with van der Waals surface area (Å²) >= 11 is 6.09. The van der Waals surface area contributed by atoms with Crippen LogP contribution >= 0.6 is 11.6 Å². The topological polar surface area (TPSA) is 66.9 Å². The van der Waals surface area contributed by atoms with Crippen molar-refractivity contribution in [1.29, 1.82) is 0 Å². The Morgan fingerprint density at radius 2 is 1.82 bits per heavy atom. The van der Waals surface area contributed by atoms with Crippen molar-refractivity contribution in [2.75, 3.05) is 17.2 Å². The first-order valence-corrected chi connectivity index (χ1v) is 9.68. The maximum Gasteiger partial charge on any atom is 0.276 e. The van der Waals surface area contributed by atoms with Gasteiger partial charge in [-0.2, -0.15) is 0 Å². The summed E-state index contributed by atoms with van der Waals surface area (Å²) in [7, 11) is 0. The molecule has 28 heavy (non-hydrogen) atoms. The third kappa shape index (κ3) is 4.67. The molecule has 1 saturated carbocycles. The zero-order chi connectivity index (χ0) is 19.4. The highest BCUT2D eigenvalue weighted by Gasteiger charge is 2.42. The molecule has 0 bridgehead atoms. The standard InChI is InChI=1S/C22H21ClN4O/c23-17-6-4-5-16(13-17)14-22(11-12-22)15-24-20-10-9-19(26-27-20)21(28)25-18-7-2-1-3-8-18/h1-10,13H,11-12,14-15H2,(H,24,27)(H,25,28). The van der Waals surface area contributed by atoms with Gasteiger partial charge < -0.3 is 10.6 Å². The fourth-order valence-corrected chi connectivity index (χ4v) is 3.43. The lowest BCUT2D eigenvalue weighted by atomic mass is 9.96. The van der Waals surface area contributed by atoms with Gasteiger partial charge in [-0.15, -0.1) is 10.2 Å². The largest absolute Gasteiger partial charge is 0.368 e. The lowest BCUT2D eigenvalue weighted by Crippen LogP contribution is -2.19. The number of nitrogens with zero attached hydrogens (tertiary/aromatic N) is 2. The van der Waals surface area contributed by atoms with Crippen molar-refractivity contribution >= 4 is 29.0 Å². The number of aromatic nitrogens is 2. The Balaban J connectivity index is 1.33. The zero-order valence-corrected chi connectivity index (χ0v) is 16.1. The van der Waals surface area contributed by atoms with Gasteiger partial charge in [-0.3, -0.25) is 4.79 Å². The van der Waals surface area contributed by atoms with E-state index < -0.39 is 0 Å². The van der Waals surface area contributed by atoms with Crippen molar-refractivity contribution in [3.63, 3.8) is 0 Å². The average Bonchev–Trinajstić information content (AvgIpc) is 3.47. The second kappa shape index (κ2) is 7.98. The van der Waals surface area contributed by atoms with Crippen LogP contribution in [0, 0.1) is 5.41 Å². The van der Waals surface area contributed by atoms with Gasteiger partial charge in [0.15, 0.2) is 5.69 Å². The van der Waals surface area contributed by atoms with Gasteiger partial charge in [0, 0.05) is 17.3 Å². The van der Waals surface area contributed by atoms with Gasteiger partial charge >= 0.3 is 0 Å². The van der Waals surface area contributed by atoms with E-state index in [1.807, 2.05) is 48.5 Å². The van der Waals surface area contributed by atoms with Crippen LogP contribution in [0.4, 0.5) is 11.5 Å².